The Morgan fingerprint density at radius 2 is 2.00 bits per heavy atom. The third kappa shape index (κ3) is 5.74. The minimum absolute atomic E-state index is 0.0559. The van der Waals surface area contributed by atoms with Gasteiger partial charge in [0.15, 0.2) is 0 Å². The number of piperidine rings is 1. The Morgan fingerprint density at radius 1 is 1.15 bits per heavy atom. The lowest BCUT2D eigenvalue weighted by Gasteiger charge is -2.41. The molecule has 0 aliphatic carbocycles. The zero-order valence-electron chi connectivity index (χ0n) is 27.0. The number of nitrogens with zero attached hydrogens (tertiary/aromatic N) is 5. The third-order valence-electron chi connectivity index (χ3n) is 10.7. The summed E-state index contributed by atoms with van der Waals surface area (Å²) in [7, 11) is -3.57. The van der Waals surface area contributed by atoms with Gasteiger partial charge in [-0.25, -0.2) is 13.5 Å². The Morgan fingerprint density at radius 3 is 2.81 bits per heavy atom. The number of hydrogen-bond acceptors (Lipinski definition) is 10. The molecule has 8 rings (SSSR count). The van der Waals surface area contributed by atoms with Crippen LogP contribution in [0.15, 0.2) is 29.2 Å². The predicted octanol–water partition coefficient (Wildman–Crippen LogP) is 3.88. The number of rotatable bonds is 7. The van der Waals surface area contributed by atoms with E-state index in [2.05, 4.69) is 19.2 Å². The van der Waals surface area contributed by atoms with Crippen molar-refractivity contribution in [1.29, 1.82) is 0 Å². The van der Waals surface area contributed by atoms with Gasteiger partial charge in [-0.2, -0.15) is 23.1 Å². The summed E-state index contributed by atoms with van der Waals surface area (Å²) in [5.41, 5.74) is 1.25. The maximum absolute atomic E-state index is 16.0. The van der Waals surface area contributed by atoms with Crippen molar-refractivity contribution in [2.45, 2.75) is 74.1 Å². The minimum atomic E-state index is -3.57. The number of benzene rings is 2. The highest BCUT2D eigenvalue weighted by Crippen LogP contribution is 2.42. The van der Waals surface area contributed by atoms with Gasteiger partial charge in [0.1, 0.15) is 30.2 Å². The molecule has 5 aliphatic heterocycles. The first-order valence-electron chi connectivity index (χ1n) is 16.8. The second-order valence-corrected chi connectivity index (χ2v) is 16.7. The van der Waals surface area contributed by atoms with Crippen LogP contribution < -0.4 is 24.0 Å². The molecule has 0 bridgehead atoms. The molecule has 3 aromatic rings. The molecular formula is C33H41F2N7O4S2. The van der Waals surface area contributed by atoms with Crippen LogP contribution in [0.2, 0.25) is 0 Å². The highest BCUT2D eigenvalue weighted by Gasteiger charge is 2.50. The van der Waals surface area contributed by atoms with E-state index in [0.717, 1.165) is 42.8 Å². The first-order valence-corrected chi connectivity index (χ1v) is 19.3. The van der Waals surface area contributed by atoms with Crippen molar-refractivity contribution >= 4 is 44.2 Å². The quantitative estimate of drug-likeness (QED) is 0.313. The summed E-state index contributed by atoms with van der Waals surface area (Å²) in [4.78, 5) is 16.8. The van der Waals surface area contributed by atoms with Gasteiger partial charge in [0.2, 0.25) is 0 Å². The number of fused-ring (bicyclic) bond motifs is 3. The summed E-state index contributed by atoms with van der Waals surface area (Å²) in [6, 6.07) is 7.01. The maximum Gasteiger partial charge on any atom is 0.318 e. The summed E-state index contributed by atoms with van der Waals surface area (Å²) in [6.45, 7) is 5.83. The van der Waals surface area contributed by atoms with Crippen LogP contribution in [0.3, 0.4) is 0 Å². The molecule has 3 N–H and O–H groups in total. The highest BCUT2D eigenvalue weighted by atomic mass is 32.2. The molecule has 6 heterocycles. The van der Waals surface area contributed by atoms with Crippen molar-refractivity contribution in [3.05, 3.63) is 41.3 Å². The van der Waals surface area contributed by atoms with Crippen LogP contribution in [0.4, 0.5) is 20.3 Å². The van der Waals surface area contributed by atoms with Crippen molar-refractivity contribution < 1.29 is 27.0 Å². The molecule has 4 fully saturated rings. The molecule has 3 atom stereocenters. The average molecular weight is 702 g/mol. The lowest BCUT2D eigenvalue weighted by molar-refractivity contribution is 0.107. The second kappa shape index (κ2) is 12.1. The SMILES string of the molecule is CCSc1ccc2cc(O)cc(N3CCc4c(nc(OC[C@@]56CCCN5C[C@H](F)C6)nc4N4CCCC5(CNS(=O)(=O)N5)C4)C3)c2c1F. The highest BCUT2D eigenvalue weighted by molar-refractivity contribution is 7.99. The zero-order valence-corrected chi connectivity index (χ0v) is 28.6. The minimum Gasteiger partial charge on any atom is -0.508 e. The van der Waals surface area contributed by atoms with E-state index in [-0.39, 0.29) is 29.7 Å². The number of aromatic hydroxyl groups is 1. The van der Waals surface area contributed by atoms with Gasteiger partial charge in [0, 0.05) is 61.1 Å². The van der Waals surface area contributed by atoms with E-state index in [4.69, 9.17) is 14.7 Å². The van der Waals surface area contributed by atoms with Crippen LogP contribution >= 0.6 is 11.8 Å². The summed E-state index contributed by atoms with van der Waals surface area (Å²) in [5.74, 6) is 1.20. The molecule has 1 aromatic heterocycles. The number of nitrogens with one attached hydrogen (secondary N) is 2. The van der Waals surface area contributed by atoms with Gasteiger partial charge >= 0.3 is 6.01 Å². The average Bonchev–Trinajstić information content (AvgIpc) is 3.68. The number of phenols is 1. The van der Waals surface area contributed by atoms with E-state index in [9.17, 15) is 17.9 Å². The number of anilines is 2. The van der Waals surface area contributed by atoms with E-state index < -0.39 is 21.9 Å². The van der Waals surface area contributed by atoms with Crippen LogP contribution in [-0.2, 0) is 23.2 Å². The second-order valence-electron chi connectivity index (χ2n) is 13.9. The fourth-order valence-electron chi connectivity index (χ4n) is 8.58. The Hall–Kier alpha value is -2.98. The van der Waals surface area contributed by atoms with Crippen molar-refractivity contribution in [3.63, 3.8) is 0 Å². The molecule has 15 heteroatoms. The monoisotopic (exact) mass is 701 g/mol. The van der Waals surface area contributed by atoms with Gasteiger partial charge in [-0.3, -0.25) is 4.90 Å². The molecule has 0 amide bonds. The molecule has 48 heavy (non-hydrogen) atoms. The van der Waals surface area contributed by atoms with Crippen LogP contribution in [0, 0.1) is 5.82 Å². The van der Waals surface area contributed by atoms with Gasteiger partial charge < -0.3 is 19.6 Å². The topological polar surface area (TPSA) is 123 Å². The predicted molar refractivity (Wildman–Crippen MR) is 182 cm³/mol. The van der Waals surface area contributed by atoms with Gasteiger partial charge in [-0.05, 0) is 61.9 Å². The van der Waals surface area contributed by atoms with Crippen LogP contribution in [0.5, 0.6) is 11.8 Å². The molecule has 0 saturated carbocycles. The number of ether oxygens (including phenoxy) is 1. The Labute approximate surface area is 283 Å². The van der Waals surface area contributed by atoms with Crippen LogP contribution in [0.1, 0.15) is 50.3 Å². The molecule has 11 nitrogen and oxygen atoms in total. The maximum atomic E-state index is 16.0. The van der Waals surface area contributed by atoms with Gasteiger partial charge in [0.05, 0.1) is 29.0 Å². The summed E-state index contributed by atoms with van der Waals surface area (Å²) in [6.07, 6.45) is 3.43. The molecule has 5 aliphatic rings. The fraction of sp³-hybridized carbons (Fsp3) is 0.576. The van der Waals surface area contributed by atoms with Crippen molar-refractivity contribution in [1.82, 2.24) is 24.3 Å². The molecule has 4 saturated heterocycles. The Kier molecular flexibility index (Phi) is 8.13. The largest absolute Gasteiger partial charge is 0.508 e. The van der Waals surface area contributed by atoms with E-state index in [1.165, 1.54) is 11.8 Å². The number of hydrogen-bond donors (Lipinski definition) is 3. The first-order chi connectivity index (χ1) is 23.1. The van der Waals surface area contributed by atoms with E-state index in [1.807, 2.05) is 17.9 Å². The van der Waals surface area contributed by atoms with E-state index >= 15 is 4.39 Å². The standard InChI is InChI=1S/C33H41F2N7O4S2/c1-2-47-27-6-5-21-13-23(43)14-26(28(21)29(27)35)40-12-7-24-25(17-40)37-31(46-20-33-9-4-11-42(33)16-22(34)15-33)38-30(24)41-10-3-8-32(19-41)18-36-48(44,45)39-32/h5-6,13-14,22,36,39,43H,2-4,7-12,15-20H2,1H3/t22-,32?,33+/m1/s1. The molecular weight excluding hydrogens is 661 g/mol. The van der Waals surface area contributed by atoms with Crippen molar-refractivity contribution in [2.75, 3.05) is 61.4 Å². The Balaban J connectivity index is 1.16. The number of halogens is 2. The summed E-state index contributed by atoms with van der Waals surface area (Å²) in [5, 5.41) is 11.8. The molecule has 2 aromatic carbocycles. The van der Waals surface area contributed by atoms with Crippen molar-refractivity contribution in [3.8, 4) is 11.8 Å². The number of phenolic OH excluding ortho intramolecular Hbond substituents is 1. The molecule has 258 valence electrons. The van der Waals surface area contributed by atoms with Crippen LogP contribution in [-0.4, -0.2) is 97.3 Å². The summed E-state index contributed by atoms with van der Waals surface area (Å²) >= 11 is 1.44. The normalized spacial score (nSPS) is 28.4. The van der Waals surface area contributed by atoms with Gasteiger partial charge in [0.25, 0.3) is 10.2 Å². The van der Waals surface area contributed by atoms with Crippen molar-refractivity contribution in [2.24, 2.45) is 0 Å². The zero-order chi connectivity index (χ0) is 33.3. The van der Waals surface area contributed by atoms with E-state index in [1.54, 1.807) is 18.2 Å². The molecule has 1 spiro atoms. The smallest absolute Gasteiger partial charge is 0.318 e. The molecule has 1 unspecified atom stereocenters. The van der Waals surface area contributed by atoms with Gasteiger partial charge in [-0.15, -0.1) is 11.8 Å². The Bertz CT molecular complexity index is 1870. The first kappa shape index (κ1) is 32.2. The lowest BCUT2D eigenvalue weighted by Crippen LogP contribution is -2.57. The number of thioether (sulfide) groups is 1. The molecule has 0 radical (unpaired) electrons. The summed E-state index contributed by atoms with van der Waals surface area (Å²) < 4.78 is 67.1. The number of alkyl halides is 1. The number of aromatic nitrogens is 2. The lowest BCUT2D eigenvalue weighted by atomic mass is 9.89. The van der Waals surface area contributed by atoms with Gasteiger partial charge in [-0.1, -0.05) is 13.0 Å². The fourth-order valence-corrected chi connectivity index (χ4v) is 10.6. The van der Waals surface area contributed by atoms with E-state index in [0.29, 0.717) is 85.7 Å². The third-order valence-corrected chi connectivity index (χ3v) is 12.8. The van der Waals surface area contributed by atoms with Crippen LogP contribution in [0.25, 0.3) is 10.8 Å².